The Balaban J connectivity index is 2.09. The van der Waals surface area contributed by atoms with Crippen LogP contribution in [0.25, 0.3) is 0 Å². The molecule has 2 rings (SSSR count). The Morgan fingerprint density at radius 2 is 2.25 bits per heavy atom. The summed E-state index contributed by atoms with van der Waals surface area (Å²) in [5.74, 6) is 2.12. The third-order valence-electron chi connectivity index (χ3n) is 3.56. The molecule has 1 saturated heterocycles. The molecule has 1 heterocycles. The van der Waals surface area contributed by atoms with E-state index >= 15 is 0 Å². The van der Waals surface area contributed by atoms with E-state index in [1.165, 1.54) is 12.0 Å². The maximum Gasteiger partial charge on any atom is 0.364 e. The van der Waals surface area contributed by atoms with E-state index in [0.29, 0.717) is 5.92 Å². The van der Waals surface area contributed by atoms with Gasteiger partial charge in [-0.05, 0) is 5.92 Å². The number of hydrogen-bond acceptors (Lipinski definition) is 2. The molecule has 3 nitrogen and oxygen atoms in total. The number of carbonyl (C=O) groups excluding carboxylic acids is 1. The number of likely N-dealkylation sites (N-methyl/N-ethyl adjacent to an activating group) is 1. The first-order chi connectivity index (χ1) is 5.66. The summed E-state index contributed by atoms with van der Waals surface area (Å²) in [6, 6.07) is 0.120. The Bertz CT molecular complexity index is 217. The number of hydrogen-bond donors (Lipinski definition) is 1. The molecular formula is C9H16NO2+. The zero-order valence-electron chi connectivity index (χ0n) is 7.83. The summed E-state index contributed by atoms with van der Waals surface area (Å²) < 4.78 is 4.79. The van der Waals surface area contributed by atoms with E-state index < -0.39 is 0 Å². The number of carbonyl (C=O) groups is 1. The van der Waals surface area contributed by atoms with E-state index in [4.69, 9.17) is 4.74 Å². The van der Waals surface area contributed by atoms with Gasteiger partial charge in [0.15, 0.2) is 6.04 Å². The van der Waals surface area contributed by atoms with Gasteiger partial charge in [0.05, 0.1) is 20.7 Å². The number of esters is 1. The number of ether oxygens (including phenoxy) is 1. The molecule has 2 fully saturated rings. The number of quaternary nitrogens is 1. The third-order valence-corrected chi connectivity index (χ3v) is 3.56. The van der Waals surface area contributed by atoms with Gasteiger partial charge >= 0.3 is 5.97 Å². The van der Waals surface area contributed by atoms with Crippen LogP contribution in [0.2, 0.25) is 0 Å². The molecule has 0 bridgehead atoms. The van der Waals surface area contributed by atoms with Crippen molar-refractivity contribution in [3.05, 3.63) is 0 Å². The van der Waals surface area contributed by atoms with Gasteiger partial charge in [-0.1, -0.05) is 6.92 Å². The van der Waals surface area contributed by atoms with Gasteiger partial charge in [-0.2, -0.15) is 0 Å². The second-order valence-corrected chi connectivity index (χ2v) is 4.15. The summed E-state index contributed by atoms with van der Waals surface area (Å²) in [6.07, 6.45) is 0. The molecule has 5 unspecified atom stereocenters. The zero-order valence-corrected chi connectivity index (χ0v) is 7.83. The lowest BCUT2D eigenvalue weighted by Crippen LogP contribution is -3.13. The maximum atomic E-state index is 11.4. The van der Waals surface area contributed by atoms with Crippen molar-refractivity contribution < 1.29 is 14.4 Å². The Morgan fingerprint density at radius 1 is 1.58 bits per heavy atom. The van der Waals surface area contributed by atoms with Crippen LogP contribution in [0.3, 0.4) is 0 Å². The highest BCUT2D eigenvalue weighted by Crippen LogP contribution is 2.49. The second-order valence-electron chi connectivity index (χ2n) is 4.15. The largest absolute Gasteiger partial charge is 0.465 e. The van der Waals surface area contributed by atoms with Crippen LogP contribution in [0.4, 0.5) is 0 Å². The quantitative estimate of drug-likeness (QED) is 0.508. The molecule has 0 aromatic carbocycles. The molecule has 1 aliphatic carbocycles. The van der Waals surface area contributed by atoms with Crippen molar-refractivity contribution in [3.63, 3.8) is 0 Å². The van der Waals surface area contributed by atoms with Crippen molar-refractivity contribution in [1.29, 1.82) is 0 Å². The fourth-order valence-corrected chi connectivity index (χ4v) is 2.76. The lowest BCUT2D eigenvalue weighted by Gasteiger charge is -2.18. The molecule has 0 amide bonds. The van der Waals surface area contributed by atoms with E-state index in [2.05, 4.69) is 14.0 Å². The summed E-state index contributed by atoms with van der Waals surface area (Å²) >= 11 is 0. The van der Waals surface area contributed by atoms with Gasteiger partial charge in [0.2, 0.25) is 0 Å². The molecular weight excluding hydrogens is 154 g/mol. The number of piperidine rings is 1. The van der Waals surface area contributed by atoms with Crippen molar-refractivity contribution in [2.45, 2.75) is 13.0 Å². The Kier molecular flexibility index (Phi) is 1.65. The minimum Gasteiger partial charge on any atom is -0.465 e. The molecule has 12 heavy (non-hydrogen) atoms. The molecule has 68 valence electrons. The average molecular weight is 170 g/mol. The molecule has 2 aliphatic rings. The topological polar surface area (TPSA) is 30.7 Å². The van der Waals surface area contributed by atoms with E-state index in [1.807, 2.05) is 0 Å². The summed E-state index contributed by atoms with van der Waals surface area (Å²) in [7, 11) is 3.57. The minimum absolute atomic E-state index is 0.0237. The standard InChI is InChI=1S/C9H15NO2/c1-5-6-4-10(2)8(7(5)6)9(11)12-3/h5-8H,4H2,1-3H3/p+1. The van der Waals surface area contributed by atoms with Gasteiger partial charge in [-0.15, -0.1) is 0 Å². The van der Waals surface area contributed by atoms with Gasteiger partial charge in [-0.3, -0.25) is 0 Å². The number of rotatable bonds is 1. The average Bonchev–Trinajstić information content (AvgIpc) is 2.52. The first-order valence-corrected chi connectivity index (χ1v) is 4.57. The fraction of sp³-hybridized carbons (Fsp3) is 0.889. The monoisotopic (exact) mass is 170 g/mol. The van der Waals surface area contributed by atoms with Gasteiger partial charge in [-0.25, -0.2) is 4.79 Å². The van der Waals surface area contributed by atoms with Crippen LogP contribution in [0.1, 0.15) is 6.92 Å². The van der Waals surface area contributed by atoms with Gasteiger partial charge in [0.25, 0.3) is 0 Å². The first kappa shape index (κ1) is 8.05. The highest BCUT2D eigenvalue weighted by atomic mass is 16.5. The van der Waals surface area contributed by atoms with Crippen molar-refractivity contribution in [3.8, 4) is 0 Å². The Morgan fingerprint density at radius 3 is 2.75 bits per heavy atom. The van der Waals surface area contributed by atoms with Crippen LogP contribution < -0.4 is 4.90 Å². The highest BCUT2D eigenvalue weighted by Gasteiger charge is 2.64. The van der Waals surface area contributed by atoms with Crippen LogP contribution in [-0.4, -0.2) is 32.7 Å². The molecule has 0 aromatic heterocycles. The Labute approximate surface area is 72.7 Å². The van der Waals surface area contributed by atoms with Crippen LogP contribution >= 0.6 is 0 Å². The molecule has 0 aromatic rings. The van der Waals surface area contributed by atoms with Gasteiger partial charge in [0, 0.05) is 11.8 Å². The van der Waals surface area contributed by atoms with Crippen LogP contribution in [-0.2, 0) is 9.53 Å². The zero-order chi connectivity index (χ0) is 8.88. The molecule has 1 N–H and O–H groups in total. The molecule has 1 aliphatic heterocycles. The molecule has 0 spiro atoms. The predicted octanol–water partition coefficient (Wildman–Crippen LogP) is -1.06. The first-order valence-electron chi connectivity index (χ1n) is 4.57. The van der Waals surface area contributed by atoms with Gasteiger partial charge < -0.3 is 9.64 Å². The number of likely N-dealkylation sites (tertiary alicyclic amines) is 1. The van der Waals surface area contributed by atoms with Crippen molar-refractivity contribution in [2.24, 2.45) is 17.8 Å². The van der Waals surface area contributed by atoms with E-state index in [9.17, 15) is 4.79 Å². The summed E-state index contributed by atoms with van der Waals surface area (Å²) in [6.45, 7) is 3.38. The van der Waals surface area contributed by atoms with Crippen LogP contribution in [0, 0.1) is 17.8 Å². The number of fused-ring (bicyclic) bond motifs is 1. The molecule has 1 saturated carbocycles. The molecule has 5 atom stereocenters. The lowest BCUT2D eigenvalue weighted by atomic mass is 10.1. The molecule has 0 radical (unpaired) electrons. The third kappa shape index (κ3) is 0.891. The summed E-state index contributed by atoms with van der Waals surface area (Å²) in [4.78, 5) is 12.7. The second kappa shape index (κ2) is 2.46. The predicted molar refractivity (Wildman–Crippen MR) is 43.7 cm³/mol. The van der Waals surface area contributed by atoms with Crippen molar-refractivity contribution >= 4 is 5.97 Å². The van der Waals surface area contributed by atoms with E-state index in [-0.39, 0.29) is 12.0 Å². The van der Waals surface area contributed by atoms with Crippen LogP contribution in [0.5, 0.6) is 0 Å². The smallest absolute Gasteiger partial charge is 0.364 e. The number of nitrogens with one attached hydrogen (secondary N) is 1. The number of methoxy groups -OCH3 is 1. The van der Waals surface area contributed by atoms with E-state index in [1.54, 1.807) is 0 Å². The van der Waals surface area contributed by atoms with Crippen LogP contribution in [0.15, 0.2) is 0 Å². The Hall–Kier alpha value is -0.570. The fourth-order valence-electron chi connectivity index (χ4n) is 2.76. The highest BCUT2D eigenvalue weighted by molar-refractivity contribution is 5.75. The normalized spacial score (nSPS) is 50.1. The van der Waals surface area contributed by atoms with Crippen molar-refractivity contribution in [1.82, 2.24) is 0 Å². The van der Waals surface area contributed by atoms with E-state index in [0.717, 1.165) is 18.4 Å². The van der Waals surface area contributed by atoms with Gasteiger partial charge in [0.1, 0.15) is 0 Å². The minimum atomic E-state index is -0.0237. The lowest BCUT2D eigenvalue weighted by molar-refractivity contribution is -0.889. The molecule has 3 heteroatoms. The summed E-state index contributed by atoms with van der Waals surface area (Å²) in [5, 5.41) is 0. The maximum absolute atomic E-state index is 11.4. The summed E-state index contributed by atoms with van der Waals surface area (Å²) in [5.41, 5.74) is 0. The van der Waals surface area contributed by atoms with Crippen molar-refractivity contribution in [2.75, 3.05) is 20.7 Å². The SMILES string of the molecule is COC(=O)C1C2C(C)C2C[NH+]1C.